The Balaban J connectivity index is 1.94. The first-order valence-corrected chi connectivity index (χ1v) is 11.0. The number of halogens is 2. The number of amides is 1. The molecule has 1 atom stereocenters. The normalized spacial score (nSPS) is 11.6. The predicted octanol–water partition coefficient (Wildman–Crippen LogP) is 4.57. The zero-order valence-corrected chi connectivity index (χ0v) is 19.3. The number of anilines is 1. The molecule has 3 aromatic rings. The minimum atomic E-state index is -0.287. The number of carbonyl (C=O) groups is 2. The molecule has 160 valence electrons. The van der Waals surface area contributed by atoms with E-state index in [-0.39, 0.29) is 24.5 Å². The molecule has 7 heteroatoms. The lowest BCUT2D eigenvalue weighted by Gasteiger charge is -2.20. The fourth-order valence-corrected chi connectivity index (χ4v) is 3.74. The first-order chi connectivity index (χ1) is 15.0. The lowest BCUT2D eigenvalue weighted by Crippen LogP contribution is -2.87. The van der Waals surface area contributed by atoms with E-state index in [1.54, 1.807) is 31.2 Å². The summed E-state index contributed by atoms with van der Waals surface area (Å²) in [5.41, 5.74) is 3.04. The molecule has 1 unspecified atom stereocenters. The molecule has 1 amide bonds. The highest BCUT2D eigenvalue weighted by atomic mass is 79.9. The molecule has 5 nitrogen and oxygen atoms in total. The quantitative estimate of drug-likeness (QED) is 0.443. The number of hydrogen-bond acceptors (Lipinski definition) is 3. The van der Waals surface area contributed by atoms with Crippen molar-refractivity contribution in [2.24, 2.45) is 0 Å². The summed E-state index contributed by atoms with van der Waals surface area (Å²) in [4.78, 5) is 24.8. The average molecular weight is 503 g/mol. The molecule has 0 radical (unpaired) electrons. The van der Waals surface area contributed by atoms with Gasteiger partial charge < -0.3 is 15.4 Å². The molecule has 0 bridgehead atoms. The lowest BCUT2D eigenvalue weighted by molar-refractivity contribution is -0.677. The van der Waals surface area contributed by atoms with Gasteiger partial charge in [0, 0.05) is 26.2 Å². The van der Waals surface area contributed by atoms with E-state index in [4.69, 9.17) is 16.3 Å². The van der Waals surface area contributed by atoms with Gasteiger partial charge in [0.25, 0.3) is 5.91 Å². The molecule has 0 aromatic heterocycles. The average Bonchev–Trinajstić information content (AvgIpc) is 2.77. The molecule has 0 aliphatic heterocycles. The van der Waals surface area contributed by atoms with Crippen LogP contribution >= 0.6 is 27.5 Å². The van der Waals surface area contributed by atoms with Crippen LogP contribution in [0.4, 0.5) is 5.69 Å². The second kappa shape index (κ2) is 11.1. The Morgan fingerprint density at radius 1 is 1.06 bits per heavy atom. The van der Waals surface area contributed by atoms with Crippen molar-refractivity contribution in [1.82, 2.24) is 0 Å². The number of quaternary nitrogens is 1. The van der Waals surface area contributed by atoms with Gasteiger partial charge in [-0.2, -0.15) is 0 Å². The van der Waals surface area contributed by atoms with Gasteiger partial charge in [-0.1, -0.05) is 57.9 Å². The Morgan fingerprint density at radius 3 is 2.45 bits per heavy atom. The molecule has 3 rings (SSSR count). The zero-order chi connectivity index (χ0) is 22.2. The number of esters is 1. The number of rotatable bonds is 8. The SMILES string of the molecule is CCOC(=O)C[NH2+]C(c1ccccc1)c1cc(Br)ccc1NC(=O)c1ccc(Cl)cc1. The molecule has 31 heavy (non-hydrogen) atoms. The molecule has 0 heterocycles. The summed E-state index contributed by atoms with van der Waals surface area (Å²) in [5, 5.41) is 5.48. The Bertz CT molecular complexity index is 1040. The van der Waals surface area contributed by atoms with E-state index < -0.39 is 0 Å². The monoisotopic (exact) mass is 501 g/mol. The van der Waals surface area contributed by atoms with Crippen molar-refractivity contribution >= 4 is 45.1 Å². The van der Waals surface area contributed by atoms with Crippen molar-refractivity contribution in [2.45, 2.75) is 13.0 Å². The lowest BCUT2D eigenvalue weighted by atomic mass is 9.96. The first kappa shape index (κ1) is 23.0. The molecule has 0 saturated heterocycles. The molecule has 0 spiro atoms. The molecular formula is C24H23BrClN2O3+. The minimum Gasteiger partial charge on any atom is -0.462 e. The Labute approximate surface area is 194 Å². The minimum absolute atomic E-state index is 0.157. The van der Waals surface area contributed by atoms with Crippen LogP contribution in [-0.2, 0) is 9.53 Å². The van der Waals surface area contributed by atoms with Gasteiger partial charge in [-0.05, 0) is 49.4 Å². The van der Waals surface area contributed by atoms with Crippen LogP contribution in [0.5, 0.6) is 0 Å². The van der Waals surface area contributed by atoms with Gasteiger partial charge in [-0.25, -0.2) is 4.79 Å². The number of carbonyl (C=O) groups excluding carboxylic acids is 2. The molecule has 3 aromatic carbocycles. The van der Waals surface area contributed by atoms with Crippen LogP contribution in [0, 0.1) is 0 Å². The highest BCUT2D eigenvalue weighted by molar-refractivity contribution is 9.10. The van der Waals surface area contributed by atoms with Gasteiger partial charge in [0.1, 0.15) is 6.04 Å². The van der Waals surface area contributed by atoms with Gasteiger partial charge in [0.05, 0.1) is 12.3 Å². The number of benzene rings is 3. The summed E-state index contributed by atoms with van der Waals surface area (Å²) in [6.07, 6.45) is 0. The second-order valence-corrected chi connectivity index (χ2v) is 8.18. The predicted molar refractivity (Wildman–Crippen MR) is 125 cm³/mol. The van der Waals surface area contributed by atoms with Crippen LogP contribution in [0.15, 0.2) is 77.3 Å². The van der Waals surface area contributed by atoms with Crippen molar-refractivity contribution in [3.63, 3.8) is 0 Å². The van der Waals surface area contributed by atoms with Crippen LogP contribution in [0.2, 0.25) is 5.02 Å². The summed E-state index contributed by atoms with van der Waals surface area (Å²) in [7, 11) is 0. The third-order valence-corrected chi connectivity index (χ3v) is 5.43. The second-order valence-electron chi connectivity index (χ2n) is 6.83. The van der Waals surface area contributed by atoms with Crippen LogP contribution in [0.3, 0.4) is 0 Å². The van der Waals surface area contributed by atoms with Crippen molar-refractivity contribution in [2.75, 3.05) is 18.5 Å². The molecule has 3 N–H and O–H groups in total. The fraction of sp³-hybridized carbons (Fsp3) is 0.167. The topological polar surface area (TPSA) is 72.0 Å². The van der Waals surface area contributed by atoms with Crippen LogP contribution < -0.4 is 10.6 Å². The third-order valence-electron chi connectivity index (χ3n) is 4.69. The van der Waals surface area contributed by atoms with Crippen molar-refractivity contribution in [3.05, 3.63) is 99.0 Å². The van der Waals surface area contributed by atoms with Gasteiger partial charge in [0.2, 0.25) is 0 Å². The summed E-state index contributed by atoms with van der Waals surface area (Å²) in [6, 6.07) is 22.0. The van der Waals surface area contributed by atoms with Crippen molar-refractivity contribution in [1.29, 1.82) is 0 Å². The van der Waals surface area contributed by atoms with E-state index in [2.05, 4.69) is 21.2 Å². The van der Waals surface area contributed by atoms with Crippen molar-refractivity contribution < 1.29 is 19.6 Å². The standard InChI is InChI=1S/C24H22BrClN2O3/c1-2-31-22(29)15-27-23(16-6-4-3-5-7-16)20-14-18(25)10-13-21(20)28-24(30)17-8-11-19(26)12-9-17/h3-14,23,27H,2,15H2,1H3,(H,28,30)/p+1. The highest BCUT2D eigenvalue weighted by Crippen LogP contribution is 2.29. The summed E-state index contributed by atoms with van der Waals surface area (Å²) < 4.78 is 5.96. The van der Waals surface area contributed by atoms with E-state index in [1.165, 1.54) is 0 Å². The molecule has 0 saturated carbocycles. The van der Waals surface area contributed by atoms with Crippen LogP contribution in [0.25, 0.3) is 0 Å². The van der Waals surface area contributed by atoms with E-state index >= 15 is 0 Å². The van der Waals surface area contributed by atoms with Crippen LogP contribution in [-0.4, -0.2) is 25.0 Å². The van der Waals surface area contributed by atoms with Gasteiger partial charge in [-0.3, -0.25) is 4.79 Å². The van der Waals surface area contributed by atoms with E-state index in [1.807, 2.05) is 53.8 Å². The van der Waals surface area contributed by atoms with Gasteiger partial charge in [-0.15, -0.1) is 0 Å². The Kier molecular flexibility index (Phi) is 8.23. The summed E-state index contributed by atoms with van der Waals surface area (Å²) in [5.74, 6) is -0.525. The number of nitrogens with two attached hydrogens (primary N) is 1. The zero-order valence-electron chi connectivity index (χ0n) is 17.0. The molecule has 0 aliphatic carbocycles. The number of ether oxygens (including phenoxy) is 1. The van der Waals surface area contributed by atoms with E-state index in [0.29, 0.717) is 22.9 Å². The fourth-order valence-electron chi connectivity index (χ4n) is 3.24. The Morgan fingerprint density at radius 2 is 1.77 bits per heavy atom. The van der Waals surface area contributed by atoms with Crippen molar-refractivity contribution in [3.8, 4) is 0 Å². The van der Waals surface area contributed by atoms with E-state index in [0.717, 1.165) is 15.6 Å². The smallest absolute Gasteiger partial charge is 0.361 e. The van der Waals surface area contributed by atoms with Crippen LogP contribution in [0.1, 0.15) is 34.5 Å². The number of nitrogens with one attached hydrogen (secondary N) is 1. The Hall–Kier alpha value is -2.67. The largest absolute Gasteiger partial charge is 0.462 e. The van der Waals surface area contributed by atoms with E-state index in [9.17, 15) is 9.59 Å². The molecule has 0 fully saturated rings. The third kappa shape index (κ3) is 6.40. The maximum atomic E-state index is 12.8. The maximum Gasteiger partial charge on any atom is 0.361 e. The number of hydrogen-bond donors (Lipinski definition) is 2. The van der Waals surface area contributed by atoms with Gasteiger partial charge >= 0.3 is 5.97 Å². The first-order valence-electron chi connectivity index (χ1n) is 9.88. The van der Waals surface area contributed by atoms with Gasteiger partial charge in [0.15, 0.2) is 6.54 Å². The maximum absolute atomic E-state index is 12.8. The summed E-state index contributed by atoms with van der Waals surface area (Å²) in [6.45, 7) is 2.28. The summed E-state index contributed by atoms with van der Waals surface area (Å²) >= 11 is 9.46. The molecular weight excluding hydrogens is 480 g/mol. The highest BCUT2D eigenvalue weighted by Gasteiger charge is 2.24. The molecule has 0 aliphatic rings.